The predicted molar refractivity (Wildman–Crippen MR) is 64.4 cm³/mol. The molecule has 1 N–H and O–H groups in total. The Bertz CT molecular complexity index is 322. The van der Waals surface area contributed by atoms with Gasteiger partial charge in [0, 0.05) is 27.2 Å². The fourth-order valence-corrected chi connectivity index (χ4v) is 2.71. The molecule has 2 aliphatic rings. The van der Waals surface area contributed by atoms with Crippen LogP contribution in [0.2, 0.25) is 0 Å². The summed E-state index contributed by atoms with van der Waals surface area (Å²) in [5.74, 6) is 0.166. The number of nitrogens with zero attached hydrogens (tertiary/aromatic N) is 2. The highest BCUT2D eigenvalue weighted by atomic mass is 16.2. The lowest BCUT2D eigenvalue weighted by molar-refractivity contribution is -0.142. The minimum absolute atomic E-state index is 0.000770. The van der Waals surface area contributed by atoms with Crippen molar-refractivity contribution in [3.8, 4) is 0 Å². The molecular weight excluding hydrogens is 218 g/mol. The van der Waals surface area contributed by atoms with Crippen LogP contribution in [0.15, 0.2) is 0 Å². The number of likely N-dealkylation sites (tertiary alicyclic amines) is 1. The Balaban J connectivity index is 1.99. The van der Waals surface area contributed by atoms with E-state index in [0.717, 1.165) is 38.9 Å². The second-order valence-electron chi connectivity index (χ2n) is 5.33. The maximum atomic E-state index is 12.4. The van der Waals surface area contributed by atoms with Crippen molar-refractivity contribution >= 4 is 11.8 Å². The number of likely N-dealkylation sites (N-methyl/N-ethyl adjacent to an activating group) is 1. The number of piperidine rings is 1. The van der Waals surface area contributed by atoms with E-state index in [2.05, 4.69) is 5.32 Å². The number of nitrogens with one attached hydrogen (secondary N) is 1. The highest BCUT2D eigenvalue weighted by Gasteiger charge is 2.47. The average molecular weight is 239 g/mol. The van der Waals surface area contributed by atoms with Crippen LogP contribution in [-0.4, -0.2) is 61.9 Å². The van der Waals surface area contributed by atoms with Crippen molar-refractivity contribution in [2.45, 2.75) is 19.3 Å². The normalized spacial score (nSPS) is 28.8. The molecule has 0 bridgehead atoms. The molecule has 17 heavy (non-hydrogen) atoms. The van der Waals surface area contributed by atoms with Crippen LogP contribution in [0, 0.1) is 5.41 Å². The summed E-state index contributed by atoms with van der Waals surface area (Å²) in [4.78, 5) is 27.2. The third-order valence-corrected chi connectivity index (χ3v) is 3.90. The third kappa shape index (κ3) is 2.29. The second-order valence-corrected chi connectivity index (χ2v) is 5.33. The van der Waals surface area contributed by atoms with Crippen LogP contribution in [0.1, 0.15) is 19.3 Å². The van der Waals surface area contributed by atoms with E-state index in [1.54, 1.807) is 19.0 Å². The molecule has 1 atom stereocenters. The highest BCUT2D eigenvalue weighted by Crippen LogP contribution is 2.37. The van der Waals surface area contributed by atoms with Crippen LogP contribution in [-0.2, 0) is 9.59 Å². The molecule has 1 unspecified atom stereocenters. The Hall–Kier alpha value is -1.10. The van der Waals surface area contributed by atoms with Gasteiger partial charge in [-0.1, -0.05) is 0 Å². The molecule has 0 radical (unpaired) electrons. The first-order valence-corrected chi connectivity index (χ1v) is 6.25. The maximum absolute atomic E-state index is 12.4. The summed E-state index contributed by atoms with van der Waals surface area (Å²) in [5, 5.41) is 3.30. The van der Waals surface area contributed by atoms with Gasteiger partial charge in [0.25, 0.3) is 0 Å². The van der Waals surface area contributed by atoms with Gasteiger partial charge in [-0.05, 0) is 25.8 Å². The van der Waals surface area contributed by atoms with Crippen LogP contribution < -0.4 is 5.32 Å². The van der Waals surface area contributed by atoms with Gasteiger partial charge in [0.15, 0.2) is 0 Å². The summed E-state index contributed by atoms with van der Waals surface area (Å²) in [7, 11) is 3.45. The molecule has 2 amide bonds. The van der Waals surface area contributed by atoms with Gasteiger partial charge in [0.05, 0.1) is 12.0 Å². The first-order valence-electron chi connectivity index (χ1n) is 6.25. The van der Waals surface area contributed by atoms with Crippen molar-refractivity contribution in [1.29, 1.82) is 0 Å². The Morgan fingerprint density at radius 1 is 1.47 bits per heavy atom. The number of rotatable bonds is 2. The molecule has 2 fully saturated rings. The second kappa shape index (κ2) is 4.64. The van der Waals surface area contributed by atoms with E-state index in [0.29, 0.717) is 0 Å². The van der Waals surface area contributed by atoms with Gasteiger partial charge < -0.3 is 15.1 Å². The first-order chi connectivity index (χ1) is 8.05. The molecule has 5 nitrogen and oxygen atoms in total. The van der Waals surface area contributed by atoms with Gasteiger partial charge >= 0.3 is 0 Å². The number of amides is 2. The molecule has 0 aromatic heterocycles. The molecule has 2 saturated heterocycles. The van der Waals surface area contributed by atoms with Crippen molar-refractivity contribution in [3.05, 3.63) is 0 Å². The molecule has 0 aromatic rings. The fraction of sp³-hybridized carbons (Fsp3) is 0.833. The zero-order chi connectivity index (χ0) is 12.5. The van der Waals surface area contributed by atoms with E-state index in [4.69, 9.17) is 0 Å². The molecule has 0 saturated carbocycles. The predicted octanol–water partition coefficient (Wildman–Crippen LogP) is -0.323. The number of carbonyl (C=O) groups is 2. The summed E-state index contributed by atoms with van der Waals surface area (Å²) in [6, 6.07) is 0. The van der Waals surface area contributed by atoms with Gasteiger partial charge in [-0.2, -0.15) is 0 Å². The maximum Gasteiger partial charge on any atom is 0.241 e. The largest absolute Gasteiger partial charge is 0.347 e. The molecule has 2 rings (SSSR count). The van der Waals surface area contributed by atoms with E-state index in [9.17, 15) is 9.59 Å². The van der Waals surface area contributed by atoms with Gasteiger partial charge in [-0.3, -0.25) is 9.59 Å². The monoisotopic (exact) mass is 239 g/mol. The quantitative estimate of drug-likeness (QED) is 0.718. The molecule has 1 spiro atoms. The van der Waals surface area contributed by atoms with E-state index >= 15 is 0 Å². The molecule has 2 aliphatic heterocycles. The van der Waals surface area contributed by atoms with Gasteiger partial charge in [-0.25, -0.2) is 0 Å². The van der Waals surface area contributed by atoms with Gasteiger partial charge in [0.2, 0.25) is 11.8 Å². The fourth-order valence-electron chi connectivity index (χ4n) is 2.71. The number of hydrogen-bond acceptors (Lipinski definition) is 3. The van der Waals surface area contributed by atoms with Crippen molar-refractivity contribution < 1.29 is 9.59 Å². The lowest BCUT2D eigenvalue weighted by atomic mass is 9.79. The summed E-state index contributed by atoms with van der Waals surface area (Å²) in [6.45, 7) is 2.73. The minimum atomic E-state index is -0.217. The van der Waals surface area contributed by atoms with Gasteiger partial charge in [-0.15, -0.1) is 0 Å². The van der Waals surface area contributed by atoms with Crippen molar-refractivity contribution in [2.75, 3.05) is 40.3 Å². The lowest BCUT2D eigenvalue weighted by Crippen LogP contribution is -2.47. The molecule has 0 aliphatic carbocycles. The minimum Gasteiger partial charge on any atom is -0.347 e. The summed E-state index contributed by atoms with van der Waals surface area (Å²) >= 11 is 0. The zero-order valence-electron chi connectivity index (χ0n) is 10.7. The molecular formula is C12H21N3O2. The van der Waals surface area contributed by atoms with Gasteiger partial charge in [0.1, 0.15) is 0 Å². The van der Waals surface area contributed by atoms with E-state index < -0.39 is 0 Å². The first kappa shape index (κ1) is 12.4. The Morgan fingerprint density at radius 2 is 2.24 bits per heavy atom. The summed E-state index contributed by atoms with van der Waals surface area (Å²) in [5.41, 5.74) is -0.217. The summed E-state index contributed by atoms with van der Waals surface area (Å²) < 4.78 is 0. The Labute approximate surface area is 102 Å². The zero-order valence-corrected chi connectivity index (χ0v) is 10.7. The lowest BCUT2D eigenvalue weighted by Gasteiger charge is -2.32. The van der Waals surface area contributed by atoms with Crippen LogP contribution >= 0.6 is 0 Å². The van der Waals surface area contributed by atoms with E-state index in [1.807, 2.05) is 0 Å². The van der Waals surface area contributed by atoms with Crippen LogP contribution in [0.5, 0.6) is 0 Å². The van der Waals surface area contributed by atoms with Crippen LogP contribution in [0.25, 0.3) is 0 Å². The Morgan fingerprint density at radius 3 is 2.82 bits per heavy atom. The van der Waals surface area contributed by atoms with Crippen molar-refractivity contribution in [2.24, 2.45) is 5.41 Å². The standard InChI is InChI=1S/C12H21N3O2/c1-14(2)10(16)8-15-7-5-12(11(15)17)4-3-6-13-9-12/h13H,3-9H2,1-2H3. The highest BCUT2D eigenvalue weighted by molar-refractivity contribution is 5.89. The topological polar surface area (TPSA) is 52.7 Å². The van der Waals surface area contributed by atoms with E-state index in [-0.39, 0.29) is 23.8 Å². The van der Waals surface area contributed by atoms with Crippen LogP contribution in [0.3, 0.4) is 0 Å². The summed E-state index contributed by atoms with van der Waals surface area (Å²) in [6.07, 6.45) is 2.91. The van der Waals surface area contributed by atoms with Crippen molar-refractivity contribution in [1.82, 2.24) is 15.1 Å². The molecule has 2 heterocycles. The number of hydrogen-bond donors (Lipinski definition) is 1. The van der Waals surface area contributed by atoms with Crippen LogP contribution in [0.4, 0.5) is 0 Å². The molecule has 5 heteroatoms. The Kier molecular flexibility index (Phi) is 3.38. The number of carbonyl (C=O) groups excluding carboxylic acids is 2. The molecule has 96 valence electrons. The van der Waals surface area contributed by atoms with Crippen molar-refractivity contribution in [3.63, 3.8) is 0 Å². The SMILES string of the molecule is CN(C)C(=O)CN1CCC2(CCCNC2)C1=O. The molecule has 0 aromatic carbocycles. The smallest absolute Gasteiger partial charge is 0.241 e. The third-order valence-electron chi connectivity index (χ3n) is 3.90. The average Bonchev–Trinajstić information content (AvgIpc) is 2.60. The van der Waals surface area contributed by atoms with E-state index in [1.165, 1.54) is 4.90 Å².